The van der Waals surface area contributed by atoms with Crippen molar-refractivity contribution in [3.63, 3.8) is 0 Å². The number of para-hydroxylation sites is 1. The highest BCUT2D eigenvalue weighted by Gasteiger charge is 2.11. The number of esters is 1. The lowest BCUT2D eigenvalue weighted by atomic mass is 10.0. The van der Waals surface area contributed by atoms with E-state index in [-0.39, 0.29) is 24.2 Å². The van der Waals surface area contributed by atoms with Crippen LogP contribution in [0.1, 0.15) is 24.0 Å². The van der Waals surface area contributed by atoms with E-state index in [9.17, 15) is 9.59 Å². The molecule has 0 spiro atoms. The zero-order valence-corrected chi connectivity index (χ0v) is 17.4. The molecule has 1 heterocycles. The lowest BCUT2D eigenvalue weighted by Gasteiger charge is -2.13. The average Bonchev–Trinajstić information content (AvgIpc) is 2.75. The average molecular weight is 409 g/mol. The van der Waals surface area contributed by atoms with E-state index in [0.29, 0.717) is 6.54 Å². The number of carbonyl (C=O) groups is 2. The molecular weight excluding hydrogens is 384 g/mol. The molecular formula is C23H24N2O3S. The zero-order valence-electron chi connectivity index (χ0n) is 16.6. The van der Waals surface area contributed by atoms with Gasteiger partial charge in [-0.2, -0.15) is 0 Å². The van der Waals surface area contributed by atoms with Gasteiger partial charge in [-0.1, -0.05) is 67.2 Å². The van der Waals surface area contributed by atoms with Gasteiger partial charge in [0.05, 0.1) is 16.3 Å². The molecule has 5 nitrogen and oxygen atoms in total. The van der Waals surface area contributed by atoms with Gasteiger partial charge >= 0.3 is 5.97 Å². The first kappa shape index (κ1) is 20.9. The van der Waals surface area contributed by atoms with Crippen molar-refractivity contribution >= 4 is 34.5 Å². The highest BCUT2D eigenvalue weighted by Crippen LogP contribution is 2.23. The van der Waals surface area contributed by atoms with E-state index in [1.54, 1.807) is 0 Å². The molecule has 1 amide bonds. The molecule has 1 atom stereocenters. The minimum absolute atomic E-state index is 0.110. The first-order valence-electron chi connectivity index (χ1n) is 9.49. The molecule has 0 fully saturated rings. The summed E-state index contributed by atoms with van der Waals surface area (Å²) in [7, 11) is 0. The number of fused-ring (bicyclic) bond motifs is 1. The summed E-state index contributed by atoms with van der Waals surface area (Å²) in [4.78, 5) is 28.5. The van der Waals surface area contributed by atoms with Crippen LogP contribution < -0.4 is 5.32 Å². The van der Waals surface area contributed by atoms with Gasteiger partial charge in [-0.3, -0.25) is 9.59 Å². The summed E-state index contributed by atoms with van der Waals surface area (Å²) < 4.78 is 5.08. The van der Waals surface area contributed by atoms with E-state index in [2.05, 4.69) is 10.3 Å². The zero-order chi connectivity index (χ0) is 20.6. The number of nitrogens with one attached hydrogen (secondary N) is 1. The molecule has 0 saturated heterocycles. The summed E-state index contributed by atoms with van der Waals surface area (Å²) in [5.74, 6) is -0.438. The number of carbonyl (C=O) groups excluding carboxylic acids is 2. The van der Waals surface area contributed by atoms with Gasteiger partial charge in [0, 0.05) is 11.9 Å². The van der Waals surface area contributed by atoms with E-state index in [1.165, 1.54) is 11.8 Å². The lowest BCUT2D eigenvalue weighted by molar-refractivity contribution is -0.145. The number of amides is 1. The van der Waals surface area contributed by atoms with Gasteiger partial charge in [-0.15, -0.1) is 0 Å². The lowest BCUT2D eigenvalue weighted by Crippen LogP contribution is -2.31. The summed E-state index contributed by atoms with van der Waals surface area (Å²) in [6.45, 7) is 4.28. The van der Waals surface area contributed by atoms with Crippen molar-refractivity contribution in [3.05, 3.63) is 71.8 Å². The normalized spacial score (nSPS) is 11.8. The van der Waals surface area contributed by atoms with Crippen molar-refractivity contribution in [1.29, 1.82) is 0 Å². The van der Waals surface area contributed by atoms with Crippen molar-refractivity contribution in [2.45, 2.75) is 24.8 Å². The van der Waals surface area contributed by atoms with Gasteiger partial charge in [0.25, 0.3) is 5.91 Å². The first-order valence-corrected chi connectivity index (χ1v) is 10.5. The minimum atomic E-state index is -0.436. The Morgan fingerprint density at radius 3 is 2.62 bits per heavy atom. The molecule has 150 valence electrons. The Kier molecular flexibility index (Phi) is 7.25. The van der Waals surface area contributed by atoms with Crippen molar-refractivity contribution in [1.82, 2.24) is 10.3 Å². The number of aromatic nitrogens is 1. The number of rotatable bonds is 8. The van der Waals surface area contributed by atoms with Gasteiger partial charge in [0.1, 0.15) is 0 Å². The van der Waals surface area contributed by atoms with Gasteiger partial charge < -0.3 is 10.1 Å². The van der Waals surface area contributed by atoms with E-state index < -0.39 is 5.97 Å². The second-order valence-corrected chi connectivity index (χ2v) is 7.86. The molecule has 0 aliphatic rings. The topological polar surface area (TPSA) is 68.3 Å². The standard InChI is InChI=1S/C23H24N2O3S/c1-16-12-22(25-20-11-7-6-10-19(16)20)29-15-23(27)28-14-21(26)24-13-17(2)18-8-4-3-5-9-18/h3-12,17H,13-15H2,1-2H3,(H,24,26)/t17-/m1/s1. The summed E-state index contributed by atoms with van der Waals surface area (Å²) in [6.07, 6.45) is 0. The fourth-order valence-corrected chi connectivity index (χ4v) is 3.70. The molecule has 6 heteroatoms. The van der Waals surface area contributed by atoms with Crippen LogP contribution in [0.3, 0.4) is 0 Å². The molecule has 0 radical (unpaired) electrons. The highest BCUT2D eigenvalue weighted by molar-refractivity contribution is 7.99. The van der Waals surface area contributed by atoms with Crippen molar-refractivity contribution in [2.24, 2.45) is 0 Å². The third-order valence-corrected chi connectivity index (χ3v) is 5.46. The second kappa shape index (κ2) is 10.1. The number of thioether (sulfide) groups is 1. The third kappa shape index (κ3) is 6.06. The molecule has 3 aromatic rings. The summed E-state index contributed by atoms with van der Waals surface area (Å²) >= 11 is 1.31. The van der Waals surface area contributed by atoms with Crippen LogP contribution in [0.4, 0.5) is 0 Å². The molecule has 0 unspecified atom stereocenters. The predicted molar refractivity (Wildman–Crippen MR) is 116 cm³/mol. The number of hydrogen-bond acceptors (Lipinski definition) is 5. The van der Waals surface area contributed by atoms with Crippen LogP contribution >= 0.6 is 11.8 Å². The number of aryl methyl sites for hydroxylation is 1. The largest absolute Gasteiger partial charge is 0.455 e. The van der Waals surface area contributed by atoms with Crippen molar-refractivity contribution in [2.75, 3.05) is 18.9 Å². The van der Waals surface area contributed by atoms with Gasteiger partial charge in [-0.25, -0.2) is 4.98 Å². The molecule has 0 saturated carbocycles. The fourth-order valence-electron chi connectivity index (χ4n) is 2.93. The van der Waals surface area contributed by atoms with Gasteiger partial charge in [-0.05, 0) is 36.1 Å². The number of nitrogens with zero attached hydrogens (tertiary/aromatic N) is 1. The quantitative estimate of drug-likeness (QED) is 0.449. The van der Waals surface area contributed by atoms with E-state index >= 15 is 0 Å². The number of hydrogen-bond donors (Lipinski definition) is 1. The van der Waals surface area contributed by atoms with Crippen LogP contribution in [0.25, 0.3) is 10.9 Å². The van der Waals surface area contributed by atoms with Crippen LogP contribution in [-0.4, -0.2) is 35.8 Å². The SMILES string of the molecule is Cc1cc(SCC(=O)OCC(=O)NC[C@@H](C)c2ccccc2)nc2ccccc12. The molecule has 0 aliphatic heterocycles. The Morgan fingerprint density at radius 2 is 1.83 bits per heavy atom. The Labute approximate surface area is 174 Å². The molecule has 3 rings (SSSR count). The molecule has 2 aromatic carbocycles. The fraction of sp³-hybridized carbons (Fsp3) is 0.261. The Hall–Kier alpha value is -2.86. The summed E-state index contributed by atoms with van der Waals surface area (Å²) in [5, 5.41) is 4.66. The Bertz CT molecular complexity index is 992. The number of benzene rings is 2. The predicted octanol–water partition coefficient (Wildman–Crippen LogP) is 4.10. The molecule has 1 N–H and O–H groups in total. The smallest absolute Gasteiger partial charge is 0.316 e. The number of ether oxygens (including phenoxy) is 1. The van der Waals surface area contributed by atoms with Gasteiger partial charge in [0.15, 0.2) is 6.61 Å². The van der Waals surface area contributed by atoms with Crippen LogP contribution in [0.5, 0.6) is 0 Å². The summed E-state index contributed by atoms with van der Waals surface area (Å²) in [6, 6.07) is 19.8. The van der Waals surface area contributed by atoms with Crippen LogP contribution in [0, 0.1) is 6.92 Å². The van der Waals surface area contributed by atoms with Crippen LogP contribution in [0.2, 0.25) is 0 Å². The van der Waals surface area contributed by atoms with Gasteiger partial charge in [0.2, 0.25) is 0 Å². The van der Waals surface area contributed by atoms with E-state index in [0.717, 1.165) is 27.1 Å². The molecule has 0 bridgehead atoms. The minimum Gasteiger partial charge on any atom is -0.455 e. The molecule has 0 aliphatic carbocycles. The third-order valence-electron chi connectivity index (χ3n) is 4.58. The maximum absolute atomic E-state index is 12.0. The monoisotopic (exact) mass is 408 g/mol. The Balaban J connectivity index is 1.41. The van der Waals surface area contributed by atoms with Crippen molar-refractivity contribution < 1.29 is 14.3 Å². The van der Waals surface area contributed by atoms with E-state index in [1.807, 2.05) is 74.5 Å². The molecule has 29 heavy (non-hydrogen) atoms. The maximum Gasteiger partial charge on any atom is 0.316 e. The molecule has 1 aromatic heterocycles. The summed E-state index contributed by atoms with van der Waals surface area (Å²) in [5.41, 5.74) is 3.16. The Morgan fingerprint density at radius 1 is 1.10 bits per heavy atom. The first-order chi connectivity index (χ1) is 14.0. The van der Waals surface area contributed by atoms with Crippen LogP contribution in [0.15, 0.2) is 65.7 Å². The van der Waals surface area contributed by atoms with E-state index in [4.69, 9.17) is 4.74 Å². The highest BCUT2D eigenvalue weighted by atomic mass is 32.2. The van der Waals surface area contributed by atoms with Crippen LogP contribution in [-0.2, 0) is 14.3 Å². The second-order valence-electron chi connectivity index (χ2n) is 6.86. The van der Waals surface area contributed by atoms with Crippen molar-refractivity contribution in [3.8, 4) is 0 Å². The maximum atomic E-state index is 12.0. The number of pyridine rings is 1.